The predicted molar refractivity (Wildman–Crippen MR) is 82.4 cm³/mol. The number of esters is 1. The zero-order valence-electron chi connectivity index (χ0n) is 12.2. The quantitative estimate of drug-likeness (QED) is 0.656. The van der Waals surface area contributed by atoms with Crippen LogP contribution in [0, 0.1) is 5.41 Å². The van der Waals surface area contributed by atoms with Crippen molar-refractivity contribution in [1.29, 1.82) is 0 Å². The smallest absolute Gasteiger partial charge is 0.317 e. The van der Waals surface area contributed by atoms with E-state index in [0.717, 1.165) is 5.56 Å². The van der Waals surface area contributed by atoms with Gasteiger partial charge in [0.25, 0.3) is 0 Å². The van der Waals surface area contributed by atoms with E-state index in [4.69, 9.17) is 10.5 Å². The zero-order chi connectivity index (χ0) is 15.6. The van der Waals surface area contributed by atoms with Crippen LogP contribution in [0.3, 0.4) is 0 Å². The largest absolute Gasteiger partial charge is 0.460 e. The summed E-state index contributed by atoms with van der Waals surface area (Å²) in [6.45, 7) is 0.187. The Morgan fingerprint density at radius 3 is 2.18 bits per heavy atom. The molecule has 0 amide bonds. The topological polar surface area (TPSA) is 72.5 Å². The van der Waals surface area contributed by atoms with Gasteiger partial charge in [-0.2, -0.15) is 0 Å². The van der Waals surface area contributed by atoms with Crippen molar-refractivity contribution in [3.63, 3.8) is 0 Å². The molecule has 1 saturated carbocycles. The second-order valence-corrected chi connectivity index (χ2v) is 5.78. The van der Waals surface area contributed by atoms with Crippen LogP contribution in [0.15, 0.2) is 60.7 Å². The van der Waals surface area contributed by atoms with Gasteiger partial charge < -0.3 is 9.84 Å². The molecule has 0 aromatic heterocycles. The number of aliphatic hydroxyl groups is 1. The Bertz CT molecular complexity index is 649. The van der Waals surface area contributed by atoms with Gasteiger partial charge in [-0.05, 0) is 24.0 Å². The minimum absolute atomic E-state index is 0.187. The fourth-order valence-corrected chi connectivity index (χ4v) is 2.70. The lowest BCUT2D eigenvalue weighted by Gasteiger charge is -2.31. The number of carbonyl (C=O) groups is 1. The van der Waals surface area contributed by atoms with Crippen LogP contribution in [0.4, 0.5) is 0 Å². The Labute approximate surface area is 129 Å². The third-order valence-corrected chi connectivity index (χ3v) is 4.30. The van der Waals surface area contributed by atoms with Crippen molar-refractivity contribution in [2.24, 2.45) is 11.1 Å². The van der Waals surface area contributed by atoms with Crippen LogP contribution in [-0.4, -0.2) is 11.1 Å². The van der Waals surface area contributed by atoms with Gasteiger partial charge >= 0.3 is 5.97 Å². The lowest BCUT2D eigenvalue weighted by molar-refractivity contribution is -0.165. The molecule has 1 unspecified atom stereocenters. The lowest BCUT2D eigenvalue weighted by atomic mass is 9.86. The fraction of sp³-hybridized carbons (Fsp3) is 0.278. The van der Waals surface area contributed by atoms with Gasteiger partial charge in [-0.25, -0.2) is 0 Å². The molecule has 3 N–H and O–H groups in total. The average molecular weight is 297 g/mol. The summed E-state index contributed by atoms with van der Waals surface area (Å²) in [5.41, 5.74) is 4.80. The fourth-order valence-electron chi connectivity index (χ4n) is 2.70. The van der Waals surface area contributed by atoms with E-state index < -0.39 is 17.1 Å². The maximum atomic E-state index is 12.5. The molecule has 114 valence electrons. The molecule has 0 aliphatic heterocycles. The standard InChI is InChI=1S/C18H19NO3/c19-18(21,15-9-5-2-6-10-15)17(11-12-17)16(20)22-13-14-7-3-1-4-8-14/h1-10,21H,11-13,19H2. The molecule has 1 fully saturated rings. The van der Waals surface area contributed by atoms with E-state index >= 15 is 0 Å². The third kappa shape index (κ3) is 2.51. The summed E-state index contributed by atoms with van der Waals surface area (Å²) in [5.74, 6) is -0.440. The van der Waals surface area contributed by atoms with Gasteiger partial charge in [-0.15, -0.1) is 0 Å². The van der Waals surface area contributed by atoms with Gasteiger partial charge in [0.15, 0.2) is 5.72 Å². The molecule has 0 bridgehead atoms. The first kappa shape index (κ1) is 14.8. The highest BCUT2D eigenvalue weighted by atomic mass is 16.5. The summed E-state index contributed by atoms with van der Waals surface area (Å²) in [4.78, 5) is 12.5. The highest BCUT2D eigenvalue weighted by molar-refractivity contribution is 5.81. The Morgan fingerprint density at radius 2 is 1.64 bits per heavy atom. The van der Waals surface area contributed by atoms with E-state index in [1.165, 1.54) is 0 Å². The van der Waals surface area contributed by atoms with Gasteiger partial charge in [0.05, 0.1) is 0 Å². The number of benzene rings is 2. The van der Waals surface area contributed by atoms with Gasteiger partial charge in [0, 0.05) is 0 Å². The number of carbonyl (C=O) groups excluding carboxylic acids is 1. The maximum absolute atomic E-state index is 12.5. The summed E-state index contributed by atoms with van der Waals surface area (Å²) in [6.07, 6.45) is 1.06. The molecular formula is C18H19NO3. The van der Waals surface area contributed by atoms with Gasteiger partial charge in [-0.1, -0.05) is 60.7 Å². The second kappa shape index (κ2) is 5.55. The first-order chi connectivity index (χ1) is 10.6. The molecule has 0 saturated heterocycles. The normalized spacial score (nSPS) is 18.3. The Balaban J connectivity index is 1.74. The molecule has 0 radical (unpaired) electrons. The minimum Gasteiger partial charge on any atom is -0.460 e. The summed E-state index contributed by atoms with van der Waals surface area (Å²) >= 11 is 0. The number of rotatable bonds is 5. The Kier molecular flexibility index (Phi) is 3.72. The third-order valence-electron chi connectivity index (χ3n) is 4.30. The second-order valence-electron chi connectivity index (χ2n) is 5.78. The van der Waals surface area contributed by atoms with Crippen molar-refractivity contribution in [2.45, 2.75) is 25.2 Å². The number of hydrogen-bond donors (Lipinski definition) is 2. The van der Waals surface area contributed by atoms with Crippen molar-refractivity contribution in [3.05, 3.63) is 71.8 Å². The summed E-state index contributed by atoms with van der Waals surface area (Å²) in [7, 11) is 0. The van der Waals surface area contributed by atoms with Crippen LogP contribution in [0.5, 0.6) is 0 Å². The molecule has 2 aromatic carbocycles. The molecule has 0 heterocycles. The van der Waals surface area contributed by atoms with Crippen LogP contribution in [0.1, 0.15) is 24.0 Å². The van der Waals surface area contributed by atoms with E-state index in [0.29, 0.717) is 18.4 Å². The van der Waals surface area contributed by atoms with Crippen LogP contribution in [0.2, 0.25) is 0 Å². The number of hydrogen-bond acceptors (Lipinski definition) is 4. The van der Waals surface area contributed by atoms with E-state index in [1.54, 1.807) is 24.3 Å². The number of ether oxygens (including phenoxy) is 1. The van der Waals surface area contributed by atoms with Gasteiger partial charge in [0.1, 0.15) is 12.0 Å². The van der Waals surface area contributed by atoms with Crippen molar-refractivity contribution >= 4 is 5.97 Å². The molecule has 0 spiro atoms. The predicted octanol–water partition coefficient (Wildman–Crippen LogP) is 2.31. The highest BCUT2D eigenvalue weighted by Crippen LogP contribution is 2.56. The first-order valence-electron chi connectivity index (χ1n) is 7.34. The zero-order valence-corrected chi connectivity index (χ0v) is 12.2. The Morgan fingerprint density at radius 1 is 1.09 bits per heavy atom. The van der Waals surface area contributed by atoms with Gasteiger partial charge in [0.2, 0.25) is 0 Å². The monoisotopic (exact) mass is 297 g/mol. The van der Waals surface area contributed by atoms with Crippen molar-refractivity contribution in [3.8, 4) is 0 Å². The molecule has 4 nitrogen and oxygen atoms in total. The Hall–Kier alpha value is -2.17. The molecule has 1 aliphatic carbocycles. The minimum atomic E-state index is -1.71. The number of nitrogens with two attached hydrogens (primary N) is 1. The maximum Gasteiger partial charge on any atom is 0.317 e. The molecule has 4 heteroatoms. The van der Waals surface area contributed by atoms with Crippen LogP contribution in [0.25, 0.3) is 0 Å². The van der Waals surface area contributed by atoms with E-state index in [9.17, 15) is 9.90 Å². The average Bonchev–Trinajstić information content (AvgIpc) is 3.37. The molecule has 3 rings (SSSR count). The van der Waals surface area contributed by atoms with E-state index in [1.807, 2.05) is 36.4 Å². The van der Waals surface area contributed by atoms with Crippen LogP contribution >= 0.6 is 0 Å². The summed E-state index contributed by atoms with van der Waals surface area (Å²) in [6, 6.07) is 18.3. The van der Waals surface area contributed by atoms with E-state index in [2.05, 4.69) is 0 Å². The molecule has 1 aliphatic rings. The lowest BCUT2D eigenvalue weighted by Crippen LogP contribution is -2.50. The van der Waals surface area contributed by atoms with Crippen LogP contribution in [-0.2, 0) is 21.9 Å². The molecule has 1 atom stereocenters. The summed E-state index contributed by atoms with van der Waals surface area (Å²) < 4.78 is 5.38. The van der Waals surface area contributed by atoms with Gasteiger partial charge in [-0.3, -0.25) is 10.5 Å². The van der Waals surface area contributed by atoms with E-state index in [-0.39, 0.29) is 6.61 Å². The molecule has 2 aromatic rings. The SMILES string of the molecule is NC(O)(c1ccccc1)C1(C(=O)OCc2ccccc2)CC1. The van der Waals surface area contributed by atoms with Crippen molar-refractivity contribution < 1.29 is 14.6 Å². The van der Waals surface area contributed by atoms with Crippen LogP contribution < -0.4 is 5.73 Å². The molecular weight excluding hydrogens is 278 g/mol. The van der Waals surface area contributed by atoms with Crippen molar-refractivity contribution in [1.82, 2.24) is 0 Å². The first-order valence-corrected chi connectivity index (χ1v) is 7.34. The summed E-state index contributed by atoms with van der Waals surface area (Å²) in [5, 5.41) is 10.7. The highest BCUT2D eigenvalue weighted by Gasteiger charge is 2.64. The molecule has 22 heavy (non-hydrogen) atoms. The van der Waals surface area contributed by atoms with Crippen molar-refractivity contribution in [2.75, 3.05) is 0 Å².